The number of amides is 2. The molecular weight excluding hydrogens is 370 g/mol. The fourth-order valence-corrected chi connectivity index (χ4v) is 3.66. The molecule has 2 amide bonds. The molecule has 26 heavy (non-hydrogen) atoms. The summed E-state index contributed by atoms with van der Waals surface area (Å²) in [4.78, 5) is 25.9. The molecule has 4 nitrogen and oxygen atoms in total. The summed E-state index contributed by atoms with van der Waals surface area (Å²) in [5, 5.41) is 0.445. The van der Waals surface area contributed by atoms with Crippen LogP contribution in [0.15, 0.2) is 53.4 Å². The van der Waals surface area contributed by atoms with E-state index in [1.807, 2.05) is 62.4 Å². The van der Waals surface area contributed by atoms with Gasteiger partial charge in [-0.1, -0.05) is 41.9 Å². The Morgan fingerprint density at radius 1 is 1.12 bits per heavy atom. The van der Waals surface area contributed by atoms with E-state index in [2.05, 4.69) is 0 Å². The van der Waals surface area contributed by atoms with Crippen molar-refractivity contribution >= 4 is 40.6 Å². The lowest BCUT2D eigenvalue weighted by atomic mass is 10.2. The van der Waals surface area contributed by atoms with Gasteiger partial charge < -0.3 is 4.74 Å². The average molecular weight is 388 g/mol. The van der Waals surface area contributed by atoms with Crippen LogP contribution in [-0.4, -0.2) is 22.1 Å². The molecule has 6 heteroatoms. The number of ether oxygens (including phenoxy) is 1. The number of carbonyl (C=O) groups is 2. The number of hydrogen-bond acceptors (Lipinski definition) is 4. The van der Waals surface area contributed by atoms with E-state index >= 15 is 0 Å². The van der Waals surface area contributed by atoms with Crippen LogP contribution in [0.25, 0.3) is 6.08 Å². The van der Waals surface area contributed by atoms with Crippen molar-refractivity contribution in [3.8, 4) is 5.75 Å². The number of thioether (sulfide) groups is 1. The molecule has 0 aliphatic carbocycles. The van der Waals surface area contributed by atoms with Gasteiger partial charge in [0.1, 0.15) is 12.4 Å². The molecule has 0 aromatic heterocycles. The van der Waals surface area contributed by atoms with Gasteiger partial charge in [0.2, 0.25) is 0 Å². The summed E-state index contributed by atoms with van der Waals surface area (Å²) < 4.78 is 5.74. The van der Waals surface area contributed by atoms with E-state index in [-0.39, 0.29) is 17.2 Å². The molecule has 1 saturated heterocycles. The monoisotopic (exact) mass is 387 g/mol. The normalized spacial score (nSPS) is 16.0. The maximum absolute atomic E-state index is 12.3. The Balaban J connectivity index is 1.67. The molecular formula is C20H18ClNO3S. The van der Waals surface area contributed by atoms with Crippen molar-refractivity contribution < 1.29 is 14.3 Å². The number of nitrogens with zero attached hydrogens (tertiary/aromatic N) is 1. The van der Waals surface area contributed by atoms with Crippen molar-refractivity contribution in [2.75, 3.05) is 0 Å². The van der Waals surface area contributed by atoms with Gasteiger partial charge in [0.15, 0.2) is 0 Å². The van der Waals surface area contributed by atoms with Gasteiger partial charge in [0.25, 0.3) is 11.1 Å². The molecule has 1 aliphatic rings. The van der Waals surface area contributed by atoms with Gasteiger partial charge in [-0.05, 0) is 55.4 Å². The first-order valence-corrected chi connectivity index (χ1v) is 9.38. The summed E-state index contributed by atoms with van der Waals surface area (Å²) in [6.45, 7) is 4.03. The number of hydrogen-bond donors (Lipinski definition) is 0. The van der Waals surface area contributed by atoms with Crippen LogP contribution in [0.4, 0.5) is 4.79 Å². The number of imide groups is 1. The fraction of sp³-hybridized carbons (Fsp3) is 0.200. The van der Waals surface area contributed by atoms with Crippen molar-refractivity contribution in [2.45, 2.75) is 26.5 Å². The maximum atomic E-state index is 12.3. The second kappa shape index (κ2) is 7.98. The summed E-state index contributed by atoms with van der Waals surface area (Å²) >= 11 is 7.09. The number of carbonyl (C=O) groups excluding carboxylic acids is 2. The van der Waals surface area contributed by atoms with E-state index in [0.29, 0.717) is 22.3 Å². The van der Waals surface area contributed by atoms with Crippen molar-refractivity contribution in [2.24, 2.45) is 0 Å². The number of rotatable bonds is 5. The van der Waals surface area contributed by atoms with Gasteiger partial charge in [-0.15, -0.1) is 0 Å². The lowest BCUT2D eigenvalue weighted by Crippen LogP contribution is -2.34. The van der Waals surface area contributed by atoms with E-state index in [0.717, 1.165) is 22.9 Å². The molecule has 0 unspecified atom stereocenters. The van der Waals surface area contributed by atoms with Crippen LogP contribution >= 0.6 is 23.4 Å². The van der Waals surface area contributed by atoms with E-state index in [9.17, 15) is 9.59 Å². The van der Waals surface area contributed by atoms with Gasteiger partial charge in [0.05, 0.1) is 4.91 Å². The molecule has 1 aliphatic heterocycles. The zero-order valence-corrected chi connectivity index (χ0v) is 16.0. The van der Waals surface area contributed by atoms with E-state index in [4.69, 9.17) is 16.3 Å². The molecule has 3 rings (SSSR count). The zero-order valence-electron chi connectivity index (χ0n) is 14.4. The highest BCUT2D eigenvalue weighted by atomic mass is 35.5. The smallest absolute Gasteiger partial charge is 0.293 e. The Labute approximate surface area is 161 Å². The molecule has 0 N–H and O–H groups in total. The quantitative estimate of drug-likeness (QED) is 0.647. The molecule has 1 heterocycles. The molecule has 0 radical (unpaired) electrons. The van der Waals surface area contributed by atoms with Crippen LogP contribution in [0, 0.1) is 0 Å². The predicted molar refractivity (Wildman–Crippen MR) is 105 cm³/mol. The highest BCUT2D eigenvalue weighted by molar-refractivity contribution is 8.18. The standard InChI is InChI=1S/C20H18ClNO3S/c1-13(2)22-19(23)18(26-20(22)24)11-14-7-9-16(10-8-14)25-12-15-5-3-4-6-17(15)21/h3-11,13H,12H2,1-2H3/b18-11-. The summed E-state index contributed by atoms with van der Waals surface area (Å²) in [7, 11) is 0. The second-order valence-electron chi connectivity index (χ2n) is 6.09. The van der Waals surface area contributed by atoms with Gasteiger partial charge >= 0.3 is 0 Å². The molecule has 0 bridgehead atoms. The zero-order chi connectivity index (χ0) is 18.7. The van der Waals surface area contributed by atoms with Crippen LogP contribution in [0.1, 0.15) is 25.0 Å². The van der Waals surface area contributed by atoms with Crippen LogP contribution in [-0.2, 0) is 11.4 Å². The number of benzene rings is 2. The third-order valence-electron chi connectivity index (χ3n) is 3.87. The second-order valence-corrected chi connectivity index (χ2v) is 7.49. The van der Waals surface area contributed by atoms with E-state index < -0.39 is 0 Å². The molecule has 1 fully saturated rings. The van der Waals surface area contributed by atoms with Crippen LogP contribution in [0.2, 0.25) is 5.02 Å². The van der Waals surface area contributed by atoms with Crippen LogP contribution in [0.3, 0.4) is 0 Å². The Kier molecular flexibility index (Phi) is 5.69. The molecule has 0 saturated carbocycles. The minimum Gasteiger partial charge on any atom is -0.489 e. The van der Waals surface area contributed by atoms with Gasteiger partial charge in [-0.25, -0.2) is 0 Å². The summed E-state index contributed by atoms with van der Waals surface area (Å²) in [6, 6.07) is 14.8. The first-order chi connectivity index (χ1) is 12.5. The molecule has 134 valence electrons. The number of halogens is 1. The van der Waals surface area contributed by atoms with Gasteiger partial charge in [0, 0.05) is 16.6 Å². The third-order valence-corrected chi connectivity index (χ3v) is 5.12. The lowest BCUT2D eigenvalue weighted by Gasteiger charge is -2.16. The van der Waals surface area contributed by atoms with Crippen molar-refractivity contribution in [1.82, 2.24) is 4.90 Å². The molecule has 2 aromatic rings. The predicted octanol–water partition coefficient (Wildman–Crippen LogP) is 5.36. The van der Waals surface area contributed by atoms with E-state index in [1.165, 1.54) is 4.90 Å². The largest absolute Gasteiger partial charge is 0.489 e. The minimum absolute atomic E-state index is 0.144. The minimum atomic E-state index is -0.242. The summed E-state index contributed by atoms with van der Waals surface area (Å²) in [6.07, 6.45) is 1.73. The summed E-state index contributed by atoms with van der Waals surface area (Å²) in [5.41, 5.74) is 1.75. The fourth-order valence-electron chi connectivity index (χ4n) is 2.51. The molecule has 0 spiro atoms. The Morgan fingerprint density at radius 3 is 2.42 bits per heavy atom. The van der Waals surface area contributed by atoms with Crippen molar-refractivity contribution in [1.29, 1.82) is 0 Å². The first-order valence-electron chi connectivity index (χ1n) is 8.19. The summed E-state index contributed by atoms with van der Waals surface area (Å²) in [5.74, 6) is 0.464. The highest BCUT2D eigenvalue weighted by Gasteiger charge is 2.36. The average Bonchev–Trinajstić information content (AvgIpc) is 2.89. The Bertz CT molecular complexity index is 862. The van der Waals surface area contributed by atoms with Crippen LogP contribution < -0.4 is 4.74 Å². The lowest BCUT2D eigenvalue weighted by molar-refractivity contribution is -0.123. The highest BCUT2D eigenvalue weighted by Crippen LogP contribution is 2.33. The SMILES string of the molecule is CC(C)N1C(=O)S/C(=C\c2ccc(OCc3ccccc3Cl)cc2)C1=O. The van der Waals surface area contributed by atoms with Gasteiger partial charge in [-0.3, -0.25) is 14.5 Å². The van der Waals surface area contributed by atoms with Crippen molar-refractivity contribution in [3.05, 3.63) is 69.6 Å². The molecule has 0 atom stereocenters. The Morgan fingerprint density at radius 2 is 1.81 bits per heavy atom. The maximum Gasteiger partial charge on any atom is 0.293 e. The van der Waals surface area contributed by atoms with Crippen LogP contribution in [0.5, 0.6) is 5.75 Å². The topological polar surface area (TPSA) is 46.6 Å². The van der Waals surface area contributed by atoms with Crippen molar-refractivity contribution in [3.63, 3.8) is 0 Å². The Hall–Kier alpha value is -2.24. The van der Waals surface area contributed by atoms with E-state index in [1.54, 1.807) is 6.08 Å². The molecule has 2 aromatic carbocycles. The van der Waals surface area contributed by atoms with Gasteiger partial charge in [-0.2, -0.15) is 0 Å². The third kappa shape index (κ3) is 4.11. The first kappa shape index (κ1) is 18.5.